The Kier molecular flexibility index (Phi) is 3.81. The van der Waals surface area contributed by atoms with E-state index in [1.165, 1.54) is 18.4 Å². The van der Waals surface area contributed by atoms with Crippen LogP contribution < -0.4 is 0 Å². The minimum absolute atomic E-state index is 0.643. The third kappa shape index (κ3) is 2.74. The van der Waals surface area contributed by atoms with E-state index in [0.717, 1.165) is 25.5 Å². The Morgan fingerprint density at radius 1 is 1.25 bits per heavy atom. The Balaban J connectivity index is 1.57. The Morgan fingerprint density at radius 2 is 2.00 bits per heavy atom. The highest BCUT2D eigenvalue weighted by molar-refractivity contribution is 6.29. The molecule has 6 heteroatoms. The van der Waals surface area contributed by atoms with Crippen LogP contribution in [0.2, 0.25) is 5.15 Å². The molecule has 5 nitrogen and oxygen atoms in total. The van der Waals surface area contributed by atoms with Gasteiger partial charge in [-0.2, -0.15) is 5.10 Å². The predicted molar refractivity (Wildman–Crippen MR) is 78.7 cm³/mol. The fourth-order valence-electron chi connectivity index (χ4n) is 2.85. The van der Waals surface area contributed by atoms with E-state index in [1.54, 1.807) is 6.20 Å². The van der Waals surface area contributed by atoms with Gasteiger partial charge in [-0.25, -0.2) is 4.98 Å². The molecule has 0 saturated carbocycles. The van der Waals surface area contributed by atoms with Crippen LogP contribution in [0.25, 0.3) is 0 Å². The molecule has 3 rings (SSSR count). The summed E-state index contributed by atoms with van der Waals surface area (Å²) >= 11 is 6.03. The van der Waals surface area contributed by atoms with E-state index in [9.17, 15) is 0 Å². The van der Waals surface area contributed by atoms with Crippen molar-refractivity contribution in [2.45, 2.75) is 25.3 Å². The van der Waals surface area contributed by atoms with Crippen LogP contribution in [0.3, 0.4) is 0 Å². The number of hydrogen-bond acceptors (Lipinski definition) is 3. The topological polar surface area (TPSA) is 38.9 Å². The van der Waals surface area contributed by atoms with Gasteiger partial charge < -0.3 is 4.57 Å². The van der Waals surface area contributed by atoms with E-state index in [4.69, 9.17) is 11.6 Å². The molecule has 2 aromatic heterocycles. The third-order valence-electron chi connectivity index (χ3n) is 4.18. The Labute approximate surface area is 124 Å². The van der Waals surface area contributed by atoms with Gasteiger partial charge in [0.05, 0.1) is 18.9 Å². The maximum Gasteiger partial charge on any atom is 0.128 e. The van der Waals surface area contributed by atoms with E-state index in [-0.39, 0.29) is 0 Å². The molecule has 0 amide bonds. The fourth-order valence-corrected chi connectivity index (χ4v) is 2.99. The normalized spacial score (nSPS) is 17.8. The number of rotatable bonds is 3. The lowest BCUT2D eigenvalue weighted by Crippen LogP contribution is -2.33. The summed E-state index contributed by atoms with van der Waals surface area (Å²) in [4.78, 5) is 6.82. The number of piperidine rings is 1. The van der Waals surface area contributed by atoms with E-state index in [0.29, 0.717) is 11.1 Å². The number of aryl methyl sites for hydroxylation is 1. The average molecular weight is 294 g/mol. The second-order valence-corrected chi connectivity index (χ2v) is 5.94. The number of hydrogen-bond donors (Lipinski definition) is 0. The van der Waals surface area contributed by atoms with E-state index >= 15 is 0 Å². The molecule has 0 aliphatic carbocycles. The van der Waals surface area contributed by atoms with Gasteiger partial charge in [0.1, 0.15) is 11.0 Å². The Morgan fingerprint density at radius 3 is 2.55 bits per heavy atom. The van der Waals surface area contributed by atoms with E-state index in [2.05, 4.69) is 21.2 Å². The van der Waals surface area contributed by atoms with Crippen molar-refractivity contribution >= 4 is 11.6 Å². The molecule has 0 unspecified atom stereocenters. The van der Waals surface area contributed by atoms with Crippen molar-refractivity contribution in [3.8, 4) is 0 Å². The second-order valence-electron chi connectivity index (χ2n) is 5.55. The van der Waals surface area contributed by atoms with Gasteiger partial charge in [-0.15, -0.1) is 0 Å². The van der Waals surface area contributed by atoms with Crippen LogP contribution in [-0.4, -0.2) is 37.3 Å². The molecule has 1 fully saturated rings. The number of halogens is 1. The summed E-state index contributed by atoms with van der Waals surface area (Å²) in [5.74, 6) is 1.68. The largest absolute Gasteiger partial charge is 0.321 e. The van der Waals surface area contributed by atoms with Gasteiger partial charge in [0.25, 0.3) is 0 Å². The number of likely N-dealkylation sites (tertiary alicyclic amines) is 1. The molecular weight excluding hydrogens is 274 g/mol. The highest BCUT2D eigenvalue weighted by Crippen LogP contribution is 2.28. The highest BCUT2D eigenvalue weighted by Gasteiger charge is 2.22. The standard InChI is InChI=1S/C14H20ClN5/c1-18-9-12(7-17-18)11-3-5-20(6-4-11)10-14-16-8-13(15)19(14)2/h7-9,11H,3-6,10H2,1-2H3. The van der Waals surface area contributed by atoms with Crippen molar-refractivity contribution in [2.24, 2.45) is 14.1 Å². The summed E-state index contributed by atoms with van der Waals surface area (Å²) in [6.07, 6.45) is 8.23. The van der Waals surface area contributed by atoms with Crippen molar-refractivity contribution in [1.29, 1.82) is 0 Å². The zero-order chi connectivity index (χ0) is 14.1. The zero-order valence-corrected chi connectivity index (χ0v) is 12.7. The fraction of sp³-hybridized carbons (Fsp3) is 0.571. The molecule has 0 atom stereocenters. The molecule has 3 heterocycles. The van der Waals surface area contributed by atoms with Gasteiger partial charge in [0.15, 0.2) is 0 Å². The maximum absolute atomic E-state index is 6.03. The summed E-state index contributed by atoms with van der Waals surface area (Å²) in [5, 5.41) is 4.97. The van der Waals surface area contributed by atoms with Crippen molar-refractivity contribution in [3.05, 3.63) is 35.1 Å². The minimum atomic E-state index is 0.643. The van der Waals surface area contributed by atoms with Crippen LogP contribution in [-0.2, 0) is 20.6 Å². The molecule has 2 aromatic rings. The number of aromatic nitrogens is 4. The quantitative estimate of drug-likeness (QED) is 0.871. The Hall–Kier alpha value is -1.33. The van der Waals surface area contributed by atoms with E-state index in [1.807, 2.05) is 29.5 Å². The predicted octanol–water partition coefficient (Wildman–Crippen LogP) is 2.19. The summed E-state index contributed by atoms with van der Waals surface area (Å²) in [7, 11) is 3.94. The first kappa shape index (κ1) is 13.6. The molecule has 0 spiro atoms. The van der Waals surface area contributed by atoms with Gasteiger partial charge in [0, 0.05) is 20.3 Å². The van der Waals surface area contributed by atoms with Crippen molar-refractivity contribution in [1.82, 2.24) is 24.2 Å². The van der Waals surface area contributed by atoms with Gasteiger partial charge in [-0.05, 0) is 37.4 Å². The first-order chi connectivity index (χ1) is 9.63. The highest BCUT2D eigenvalue weighted by atomic mass is 35.5. The molecule has 0 aromatic carbocycles. The van der Waals surface area contributed by atoms with Gasteiger partial charge in [-0.3, -0.25) is 9.58 Å². The van der Waals surface area contributed by atoms with Gasteiger partial charge >= 0.3 is 0 Å². The molecule has 108 valence electrons. The first-order valence-corrected chi connectivity index (χ1v) is 7.38. The van der Waals surface area contributed by atoms with Gasteiger partial charge in [0.2, 0.25) is 0 Å². The lowest BCUT2D eigenvalue weighted by Gasteiger charge is -2.31. The van der Waals surface area contributed by atoms with Crippen molar-refractivity contribution < 1.29 is 0 Å². The van der Waals surface area contributed by atoms with Crippen molar-refractivity contribution in [2.75, 3.05) is 13.1 Å². The number of nitrogens with zero attached hydrogens (tertiary/aromatic N) is 5. The molecule has 1 aliphatic rings. The molecule has 1 saturated heterocycles. The first-order valence-electron chi connectivity index (χ1n) is 7.00. The summed E-state index contributed by atoms with van der Waals surface area (Å²) in [6.45, 7) is 3.08. The lowest BCUT2D eigenvalue weighted by molar-refractivity contribution is 0.198. The van der Waals surface area contributed by atoms with Crippen LogP contribution in [0, 0.1) is 0 Å². The minimum Gasteiger partial charge on any atom is -0.321 e. The van der Waals surface area contributed by atoms with Crippen LogP contribution in [0.15, 0.2) is 18.6 Å². The van der Waals surface area contributed by atoms with Crippen LogP contribution >= 0.6 is 11.6 Å². The van der Waals surface area contributed by atoms with Crippen LogP contribution in [0.4, 0.5) is 0 Å². The maximum atomic E-state index is 6.03. The van der Waals surface area contributed by atoms with E-state index < -0.39 is 0 Å². The summed E-state index contributed by atoms with van der Waals surface area (Å²) in [5.41, 5.74) is 1.37. The van der Waals surface area contributed by atoms with Gasteiger partial charge in [-0.1, -0.05) is 11.6 Å². The second kappa shape index (κ2) is 5.58. The van der Waals surface area contributed by atoms with Crippen LogP contribution in [0.5, 0.6) is 0 Å². The monoisotopic (exact) mass is 293 g/mol. The lowest BCUT2D eigenvalue weighted by atomic mass is 9.91. The summed E-state index contributed by atoms with van der Waals surface area (Å²) < 4.78 is 3.84. The van der Waals surface area contributed by atoms with Crippen LogP contribution in [0.1, 0.15) is 30.1 Å². The molecule has 0 bridgehead atoms. The zero-order valence-electron chi connectivity index (χ0n) is 12.0. The van der Waals surface area contributed by atoms with Crippen molar-refractivity contribution in [3.63, 3.8) is 0 Å². The molecule has 0 radical (unpaired) electrons. The third-order valence-corrected chi connectivity index (χ3v) is 4.53. The average Bonchev–Trinajstić information content (AvgIpc) is 3.01. The molecular formula is C14H20ClN5. The number of imidazole rings is 1. The summed E-state index contributed by atoms with van der Waals surface area (Å²) in [6, 6.07) is 0. The SMILES string of the molecule is Cn1cc(C2CCN(Cc3ncc(Cl)n3C)CC2)cn1. The Bertz CT molecular complexity index is 580. The molecule has 0 N–H and O–H groups in total. The molecule has 1 aliphatic heterocycles. The molecule has 20 heavy (non-hydrogen) atoms. The smallest absolute Gasteiger partial charge is 0.128 e.